The van der Waals surface area contributed by atoms with Gasteiger partial charge in [0.2, 0.25) is 10.4 Å². The summed E-state index contributed by atoms with van der Waals surface area (Å²) in [6.45, 7) is 2.88. The predicted molar refractivity (Wildman–Crippen MR) is 52.7 cm³/mol. The molecule has 0 unspecified atom stereocenters. The molecular weight excluding hydrogens is 241 g/mol. The number of rotatable bonds is 3. The third kappa shape index (κ3) is 52.7. The Balaban J connectivity index is -0.0000000733. The van der Waals surface area contributed by atoms with E-state index in [2.05, 4.69) is 10.8 Å². The van der Waals surface area contributed by atoms with Gasteiger partial charge in [-0.1, -0.05) is 6.08 Å². The van der Waals surface area contributed by atoms with E-state index in [-0.39, 0.29) is 48.6 Å². The maximum absolute atomic E-state index is 9.56. The molecule has 0 amide bonds. The smallest absolute Gasteiger partial charge is 0.726 e. The molecule has 0 atom stereocenters. The molecule has 0 heterocycles. The zero-order valence-corrected chi connectivity index (χ0v) is 12.5. The van der Waals surface area contributed by atoms with Crippen molar-refractivity contribution < 1.29 is 46.7 Å². The van der Waals surface area contributed by atoms with Crippen molar-refractivity contribution >= 4 is 22.8 Å². The van der Waals surface area contributed by atoms with Crippen LogP contribution < -0.4 is 29.6 Å². The number of hydrogen-bond acceptors (Lipinski definition) is 5. The van der Waals surface area contributed by atoms with E-state index in [1.165, 1.54) is 6.08 Å². The first kappa shape index (κ1) is 24.2. The van der Waals surface area contributed by atoms with Crippen LogP contribution in [0.4, 0.5) is 0 Å². The molecule has 0 fully saturated rings. The van der Waals surface area contributed by atoms with E-state index in [4.69, 9.17) is 0 Å². The summed E-state index contributed by atoms with van der Waals surface area (Å²) in [5, 5.41) is 0. The molecular formula is C6H15ClNNaO4S. The van der Waals surface area contributed by atoms with Crippen LogP contribution in [0.1, 0.15) is 0 Å². The topological polar surface area (TPSA) is 69.7 Å². The summed E-state index contributed by atoms with van der Waals surface area (Å²) in [6, 6.07) is 0. The van der Waals surface area contributed by atoms with Crippen LogP contribution >= 0.6 is 12.4 Å². The Morgan fingerprint density at radius 2 is 1.71 bits per heavy atom. The Labute approximate surface area is 114 Å². The molecule has 82 valence electrons. The number of hydrogen-bond donors (Lipinski definition) is 0. The minimum atomic E-state index is -4.51. The average molecular weight is 256 g/mol. The second-order valence-corrected chi connectivity index (χ2v) is 3.38. The van der Waals surface area contributed by atoms with Crippen LogP contribution in [0.25, 0.3) is 0 Å². The van der Waals surface area contributed by atoms with Crippen molar-refractivity contribution in [3.05, 3.63) is 12.7 Å². The van der Waals surface area contributed by atoms with Crippen molar-refractivity contribution in [2.24, 2.45) is 0 Å². The van der Waals surface area contributed by atoms with E-state index in [9.17, 15) is 13.0 Å². The fraction of sp³-hybridized carbons (Fsp3) is 0.667. The fourth-order valence-corrected chi connectivity index (χ4v) is 0.394. The fourth-order valence-electron chi connectivity index (χ4n) is 0.131. The van der Waals surface area contributed by atoms with E-state index in [1.54, 1.807) is 0 Å². The molecule has 0 aliphatic heterocycles. The molecule has 0 N–H and O–H groups in total. The van der Waals surface area contributed by atoms with Crippen LogP contribution in [0.2, 0.25) is 0 Å². The number of nitrogens with zero attached hydrogens (tertiary/aromatic N) is 1. The molecule has 0 saturated carbocycles. The Kier molecular flexibility index (Phi) is 24.0. The molecule has 8 heteroatoms. The average Bonchev–Trinajstić information content (AvgIpc) is 1.80. The molecule has 0 aromatic heterocycles. The summed E-state index contributed by atoms with van der Waals surface area (Å²) in [7, 11) is 1.49. The van der Waals surface area contributed by atoms with Crippen molar-refractivity contribution in [3.8, 4) is 0 Å². The van der Waals surface area contributed by atoms with Gasteiger partial charge in [0.15, 0.2) is 0 Å². The molecule has 0 aliphatic rings. The summed E-state index contributed by atoms with van der Waals surface area (Å²) in [5.74, 6) is 0. The van der Waals surface area contributed by atoms with Crippen molar-refractivity contribution in [2.45, 2.75) is 0 Å². The van der Waals surface area contributed by atoms with Crippen molar-refractivity contribution in [1.29, 1.82) is 0 Å². The van der Waals surface area contributed by atoms with Crippen molar-refractivity contribution in [3.63, 3.8) is 0 Å². The van der Waals surface area contributed by atoms with Gasteiger partial charge in [-0.25, -0.2) is 8.42 Å². The van der Waals surface area contributed by atoms with Crippen molar-refractivity contribution in [1.82, 2.24) is 4.90 Å². The normalized spacial score (nSPS) is 8.93. The largest absolute Gasteiger partial charge is 1.00 e. The Hall–Kier alpha value is 0.860. The SMILES string of the molecule is C=CCOS(=O)(=O)[O-].CN(C)C.Cl.[Na+]. The van der Waals surface area contributed by atoms with Gasteiger partial charge in [0.25, 0.3) is 0 Å². The summed E-state index contributed by atoms with van der Waals surface area (Å²) in [4.78, 5) is 2.00. The monoisotopic (exact) mass is 255 g/mol. The van der Waals surface area contributed by atoms with Crippen LogP contribution in [0, 0.1) is 0 Å². The molecule has 0 aliphatic carbocycles. The molecule has 0 radical (unpaired) electrons. The summed E-state index contributed by atoms with van der Waals surface area (Å²) in [6.07, 6.45) is 1.18. The maximum atomic E-state index is 9.56. The van der Waals surface area contributed by atoms with E-state index in [0.29, 0.717) is 0 Å². The van der Waals surface area contributed by atoms with Gasteiger partial charge in [0.1, 0.15) is 0 Å². The third-order valence-electron chi connectivity index (χ3n) is 0.330. The third-order valence-corrected chi connectivity index (χ3v) is 0.755. The van der Waals surface area contributed by atoms with Gasteiger partial charge >= 0.3 is 29.6 Å². The van der Waals surface area contributed by atoms with E-state index >= 15 is 0 Å². The van der Waals surface area contributed by atoms with E-state index < -0.39 is 10.4 Å². The van der Waals surface area contributed by atoms with Gasteiger partial charge < -0.3 is 9.45 Å². The van der Waals surface area contributed by atoms with Gasteiger partial charge in [0, 0.05) is 0 Å². The van der Waals surface area contributed by atoms with Gasteiger partial charge in [-0.15, -0.1) is 19.0 Å². The van der Waals surface area contributed by atoms with Gasteiger partial charge in [0.05, 0.1) is 6.61 Å². The first-order valence-corrected chi connectivity index (χ1v) is 4.45. The molecule has 0 bridgehead atoms. The van der Waals surface area contributed by atoms with Gasteiger partial charge in [-0.05, 0) is 21.1 Å². The molecule has 0 rings (SSSR count). The summed E-state index contributed by atoms with van der Waals surface area (Å²) in [5.41, 5.74) is 0. The maximum Gasteiger partial charge on any atom is 1.00 e. The Morgan fingerprint density at radius 3 is 1.79 bits per heavy atom. The summed E-state index contributed by atoms with van der Waals surface area (Å²) >= 11 is 0. The quantitative estimate of drug-likeness (QED) is 0.237. The predicted octanol–water partition coefficient (Wildman–Crippen LogP) is -2.75. The number of halogens is 1. The Bertz CT molecular complexity index is 205. The minimum Gasteiger partial charge on any atom is -0.726 e. The standard InChI is InChI=1S/C3H9N.C3H6O4S.ClH.Na/c1-4(2)3;1-2-3-7-8(4,5)6;;/h1-3H3;2H,1,3H2,(H,4,5,6);1H;/q;;;+1/p-1. The zero-order valence-electron chi connectivity index (χ0n) is 8.89. The van der Waals surface area contributed by atoms with Crippen molar-refractivity contribution in [2.75, 3.05) is 27.7 Å². The second-order valence-electron chi connectivity index (χ2n) is 2.32. The second kappa shape index (κ2) is 13.9. The van der Waals surface area contributed by atoms with Gasteiger partial charge in [-0.3, -0.25) is 4.18 Å². The van der Waals surface area contributed by atoms with Crippen LogP contribution in [0.3, 0.4) is 0 Å². The summed E-state index contributed by atoms with van der Waals surface area (Å²) < 4.78 is 32.4. The minimum absolute atomic E-state index is 0. The Morgan fingerprint density at radius 1 is 1.43 bits per heavy atom. The van der Waals surface area contributed by atoms with Crippen LogP contribution in [-0.2, 0) is 14.6 Å². The van der Waals surface area contributed by atoms with Crippen LogP contribution in [0.5, 0.6) is 0 Å². The van der Waals surface area contributed by atoms with E-state index in [1.807, 2.05) is 26.0 Å². The molecule has 5 nitrogen and oxygen atoms in total. The molecule has 0 aromatic carbocycles. The van der Waals surface area contributed by atoms with Crippen LogP contribution in [-0.4, -0.2) is 45.6 Å². The zero-order chi connectivity index (χ0) is 10.2. The van der Waals surface area contributed by atoms with Gasteiger partial charge in [-0.2, -0.15) is 0 Å². The molecule has 14 heavy (non-hydrogen) atoms. The molecule has 0 aromatic rings. The van der Waals surface area contributed by atoms with E-state index in [0.717, 1.165) is 0 Å². The molecule has 0 spiro atoms. The van der Waals surface area contributed by atoms with Crippen LogP contribution in [0.15, 0.2) is 12.7 Å². The first-order valence-electron chi connectivity index (χ1n) is 3.11. The first-order chi connectivity index (χ1) is 5.29. The molecule has 0 saturated heterocycles.